The van der Waals surface area contributed by atoms with Crippen molar-refractivity contribution in [1.82, 2.24) is 5.32 Å². The number of halogens is 1. The van der Waals surface area contributed by atoms with E-state index >= 15 is 0 Å². The van der Waals surface area contributed by atoms with Crippen molar-refractivity contribution in [3.05, 3.63) is 20.3 Å². The summed E-state index contributed by atoms with van der Waals surface area (Å²) in [4.78, 5) is 12.6. The average Bonchev–Trinajstić information content (AvgIpc) is 2.56. The molecular weight excluding hydrogens is 286 g/mol. The number of hydrogen-bond acceptors (Lipinski definition) is 2. The minimum absolute atomic E-state index is 0.0281. The fourth-order valence-corrected chi connectivity index (χ4v) is 2.55. The quantitative estimate of drug-likeness (QED) is 0.895. The zero-order valence-electron chi connectivity index (χ0n) is 10.2. The van der Waals surface area contributed by atoms with Crippen LogP contribution in [0.5, 0.6) is 0 Å². The molecular formula is C12H18BrNOS. The predicted molar refractivity (Wildman–Crippen MR) is 73.2 cm³/mol. The molecule has 16 heavy (non-hydrogen) atoms. The van der Waals surface area contributed by atoms with Crippen LogP contribution in [0.4, 0.5) is 0 Å². The number of hydrogen-bond donors (Lipinski definition) is 1. The molecule has 0 atom stereocenters. The summed E-state index contributed by atoms with van der Waals surface area (Å²) in [6.45, 7) is 9.16. The second-order valence-corrected chi connectivity index (χ2v) is 7.14. The smallest absolute Gasteiger partial charge is 0.261 e. The third-order valence-electron chi connectivity index (χ3n) is 2.77. The van der Waals surface area contributed by atoms with Gasteiger partial charge in [0.05, 0.1) is 8.66 Å². The Labute approximate surface area is 110 Å². The fourth-order valence-electron chi connectivity index (χ4n) is 1.10. The van der Waals surface area contributed by atoms with Gasteiger partial charge in [-0.1, -0.05) is 20.8 Å². The Kier molecular flexibility index (Phi) is 4.56. The Morgan fingerprint density at radius 2 is 2.19 bits per heavy atom. The van der Waals surface area contributed by atoms with E-state index in [1.807, 2.05) is 13.0 Å². The Balaban J connectivity index is 2.60. The third kappa shape index (κ3) is 3.59. The summed E-state index contributed by atoms with van der Waals surface area (Å²) in [5.74, 6) is 0.0281. The summed E-state index contributed by atoms with van der Waals surface area (Å²) < 4.78 is 1.03. The van der Waals surface area contributed by atoms with Crippen LogP contribution in [0.1, 0.15) is 42.4 Å². The molecule has 1 N–H and O–H groups in total. The topological polar surface area (TPSA) is 29.1 Å². The van der Waals surface area contributed by atoms with Crippen molar-refractivity contribution in [2.45, 2.75) is 34.1 Å². The van der Waals surface area contributed by atoms with Gasteiger partial charge in [0, 0.05) is 6.54 Å². The first-order chi connectivity index (χ1) is 7.35. The van der Waals surface area contributed by atoms with Gasteiger partial charge < -0.3 is 5.32 Å². The Bertz CT molecular complexity index is 365. The maximum absolute atomic E-state index is 11.9. The number of nitrogens with one attached hydrogen (secondary N) is 1. The minimum Gasteiger partial charge on any atom is -0.351 e. The van der Waals surface area contributed by atoms with E-state index in [1.54, 1.807) is 0 Å². The van der Waals surface area contributed by atoms with Crippen LogP contribution >= 0.6 is 27.3 Å². The molecule has 0 spiro atoms. The van der Waals surface area contributed by atoms with Gasteiger partial charge >= 0.3 is 0 Å². The second-order valence-electron chi connectivity index (χ2n) is 4.77. The first-order valence-electron chi connectivity index (χ1n) is 5.40. The lowest BCUT2D eigenvalue weighted by molar-refractivity contribution is 0.0940. The number of aryl methyl sites for hydroxylation is 1. The van der Waals surface area contributed by atoms with Crippen LogP contribution < -0.4 is 5.32 Å². The molecule has 0 bridgehead atoms. The molecule has 1 aromatic rings. The Morgan fingerprint density at radius 3 is 2.62 bits per heavy atom. The molecule has 90 valence electrons. The van der Waals surface area contributed by atoms with E-state index in [9.17, 15) is 4.79 Å². The average molecular weight is 304 g/mol. The van der Waals surface area contributed by atoms with Gasteiger partial charge in [0.15, 0.2) is 0 Å². The van der Waals surface area contributed by atoms with Gasteiger partial charge in [-0.05, 0) is 46.3 Å². The summed E-state index contributed by atoms with van der Waals surface area (Å²) >= 11 is 4.91. The molecule has 0 saturated heterocycles. The molecule has 2 nitrogen and oxygen atoms in total. The van der Waals surface area contributed by atoms with Crippen molar-refractivity contribution in [2.24, 2.45) is 5.41 Å². The number of carbonyl (C=O) groups excluding carboxylic acids is 1. The Hall–Kier alpha value is -0.350. The van der Waals surface area contributed by atoms with Crippen molar-refractivity contribution in [3.8, 4) is 0 Å². The third-order valence-corrected chi connectivity index (χ3v) is 4.90. The Morgan fingerprint density at radius 1 is 1.56 bits per heavy atom. The highest BCUT2D eigenvalue weighted by atomic mass is 79.9. The lowest BCUT2D eigenvalue weighted by Crippen LogP contribution is -2.33. The van der Waals surface area contributed by atoms with Gasteiger partial charge in [-0.3, -0.25) is 4.79 Å². The summed E-state index contributed by atoms with van der Waals surface area (Å²) in [5, 5.41) is 2.98. The van der Waals surface area contributed by atoms with Gasteiger partial charge in [-0.15, -0.1) is 11.3 Å². The highest BCUT2D eigenvalue weighted by Crippen LogP contribution is 2.27. The van der Waals surface area contributed by atoms with E-state index in [-0.39, 0.29) is 11.3 Å². The molecule has 1 amide bonds. The molecule has 0 aliphatic heterocycles. The van der Waals surface area contributed by atoms with Crippen LogP contribution in [-0.4, -0.2) is 12.5 Å². The SMILES string of the molecule is CCC(C)(C)CNC(=O)c1cc(C)c(Br)s1. The van der Waals surface area contributed by atoms with E-state index in [2.05, 4.69) is 42.0 Å². The lowest BCUT2D eigenvalue weighted by atomic mass is 9.90. The first-order valence-corrected chi connectivity index (χ1v) is 7.01. The zero-order valence-corrected chi connectivity index (χ0v) is 12.6. The highest BCUT2D eigenvalue weighted by molar-refractivity contribution is 9.11. The molecule has 1 rings (SSSR count). The van der Waals surface area contributed by atoms with Crippen LogP contribution in [0, 0.1) is 12.3 Å². The van der Waals surface area contributed by atoms with E-state index < -0.39 is 0 Å². The molecule has 0 radical (unpaired) electrons. The van der Waals surface area contributed by atoms with Gasteiger partial charge in [0.25, 0.3) is 5.91 Å². The van der Waals surface area contributed by atoms with Crippen molar-refractivity contribution < 1.29 is 4.79 Å². The van der Waals surface area contributed by atoms with E-state index in [1.165, 1.54) is 11.3 Å². The van der Waals surface area contributed by atoms with Crippen molar-refractivity contribution in [2.75, 3.05) is 6.54 Å². The molecule has 0 unspecified atom stereocenters. The molecule has 0 aliphatic rings. The highest BCUT2D eigenvalue weighted by Gasteiger charge is 2.17. The van der Waals surface area contributed by atoms with Crippen LogP contribution in [0.2, 0.25) is 0 Å². The minimum atomic E-state index is 0.0281. The maximum Gasteiger partial charge on any atom is 0.261 e. The van der Waals surface area contributed by atoms with Crippen molar-refractivity contribution >= 4 is 33.2 Å². The summed E-state index contributed by atoms with van der Waals surface area (Å²) in [6.07, 6.45) is 1.06. The summed E-state index contributed by atoms with van der Waals surface area (Å²) in [5.41, 5.74) is 1.28. The summed E-state index contributed by atoms with van der Waals surface area (Å²) in [6, 6.07) is 1.92. The molecule has 0 aromatic carbocycles. The number of rotatable bonds is 4. The standard InChI is InChI=1S/C12H18BrNOS/c1-5-12(3,4)7-14-11(15)9-6-8(2)10(13)16-9/h6H,5,7H2,1-4H3,(H,14,15). The van der Waals surface area contributed by atoms with Crippen LogP contribution in [0.25, 0.3) is 0 Å². The summed E-state index contributed by atoms with van der Waals surface area (Å²) in [7, 11) is 0. The fraction of sp³-hybridized carbons (Fsp3) is 0.583. The van der Waals surface area contributed by atoms with E-state index in [0.717, 1.165) is 27.2 Å². The first kappa shape index (κ1) is 13.7. The molecule has 0 fully saturated rings. The molecule has 1 aromatic heterocycles. The largest absolute Gasteiger partial charge is 0.351 e. The van der Waals surface area contributed by atoms with Crippen molar-refractivity contribution in [1.29, 1.82) is 0 Å². The molecule has 4 heteroatoms. The maximum atomic E-state index is 11.9. The van der Waals surface area contributed by atoms with E-state index in [0.29, 0.717) is 0 Å². The number of thiophene rings is 1. The van der Waals surface area contributed by atoms with Gasteiger partial charge in [-0.25, -0.2) is 0 Å². The zero-order chi connectivity index (χ0) is 12.3. The predicted octanol–water partition coefficient (Wildman–Crippen LogP) is 3.99. The molecule has 1 heterocycles. The van der Waals surface area contributed by atoms with Gasteiger partial charge in [-0.2, -0.15) is 0 Å². The van der Waals surface area contributed by atoms with Crippen molar-refractivity contribution in [3.63, 3.8) is 0 Å². The lowest BCUT2D eigenvalue weighted by Gasteiger charge is -2.22. The molecule has 0 aliphatic carbocycles. The van der Waals surface area contributed by atoms with Crippen LogP contribution in [-0.2, 0) is 0 Å². The monoisotopic (exact) mass is 303 g/mol. The van der Waals surface area contributed by atoms with Crippen LogP contribution in [0.15, 0.2) is 9.85 Å². The second kappa shape index (κ2) is 5.32. The van der Waals surface area contributed by atoms with E-state index in [4.69, 9.17) is 0 Å². The molecule has 0 saturated carbocycles. The normalized spacial score (nSPS) is 11.6. The van der Waals surface area contributed by atoms with Crippen LogP contribution in [0.3, 0.4) is 0 Å². The van der Waals surface area contributed by atoms with Gasteiger partial charge in [0.1, 0.15) is 0 Å². The number of amides is 1. The number of carbonyl (C=O) groups is 1. The van der Waals surface area contributed by atoms with Gasteiger partial charge in [0.2, 0.25) is 0 Å².